The molecular formula is C26H44N6O16. The summed E-state index contributed by atoms with van der Waals surface area (Å²) < 4.78 is 0. The zero-order valence-corrected chi connectivity index (χ0v) is 26.3. The quantitative estimate of drug-likeness (QED) is 0.0338. The van der Waals surface area contributed by atoms with E-state index in [-0.39, 0.29) is 65.4 Å². The molecule has 0 aromatic heterocycles. The van der Waals surface area contributed by atoms with Gasteiger partial charge in [-0.05, 0) is 0 Å². The Kier molecular flexibility index (Phi) is 21.6. The molecule has 0 heterocycles. The Balaban J connectivity index is 5.54. The van der Waals surface area contributed by atoms with Crippen LogP contribution < -0.4 is 0 Å². The van der Waals surface area contributed by atoms with Crippen molar-refractivity contribution in [2.45, 2.75) is 0 Å². The van der Waals surface area contributed by atoms with Crippen LogP contribution in [0.2, 0.25) is 0 Å². The van der Waals surface area contributed by atoms with E-state index in [1.165, 1.54) is 19.6 Å². The van der Waals surface area contributed by atoms with Gasteiger partial charge in [0.05, 0.1) is 52.4 Å². The van der Waals surface area contributed by atoms with Crippen molar-refractivity contribution in [1.82, 2.24) is 29.4 Å². The average Bonchev–Trinajstić information content (AvgIpc) is 2.91. The molecule has 0 aromatic carbocycles. The van der Waals surface area contributed by atoms with E-state index in [2.05, 4.69) is 0 Å². The van der Waals surface area contributed by atoms with E-state index in [1.54, 1.807) is 0 Å². The molecule has 0 amide bonds. The number of nitrogens with zero attached hydrogens (tertiary/aromatic N) is 6. The summed E-state index contributed by atoms with van der Waals surface area (Å²) in [4.78, 5) is 97.9. The standard InChI is InChI=1S/C26H44N6O16/c33-19(34)11-27(3-5-29(13-21(37)38)7-9-31(15-23(41)42)16-24(43)44)1-2-28(12-20(35)36)4-6-30(14-22(39)40)8-10-32(17-25(45)46)18-26(47)48/h1-18H2,(H,33,34)(H,35,36)(H,37,38)(H,39,40)(H,41,42)(H,43,44)(H,45,46)(H,47,48). The van der Waals surface area contributed by atoms with Crippen LogP contribution in [0.25, 0.3) is 0 Å². The van der Waals surface area contributed by atoms with Crippen LogP contribution in [0, 0.1) is 0 Å². The highest BCUT2D eigenvalue weighted by atomic mass is 16.4. The Labute approximate surface area is 274 Å². The third kappa shape index (κ3) is 24.7. The predicted molar refractivity (Wildman–Crippen MR) is 160 cm³/mol. The van der Waals surface area contributed by atoms with E-state index < -0.39 is 100 Å². The Morgan fingerprint density at radius 3 is 0.458 bits per heavy atom. The molecule has 0 atom stereocenters. The summed E-state index contributed by atoms with van der Waals surface area (Å²) in [7, 11) is 0. The maximum absolute atomic E-state index is 11.5. The van der Waals surface area contributed by atoms with Crippen LogP contribution >= 0.6 is 0 Å². The van der Waals surface area contributed by atoms with Gasteiger partial charge in [-0.1, -0.05) is 0 Å². The molecule has 0 rings (SSSR count). The highest BCUT2D eigenvalue weighted by Crippen LogP contribution is 2.01. The van der Waals surface area contributed by atoms with Gasteiger partial charge in [-0.3, -0.25) is 67.8 Å². The van der Waals surface area contributed by atoms with E-state index in [0.717, 1.165) is 9.80 Å². The van der Waals surface area contributed by atoms with E-state index in [1.807, 2.05) is 0 Å². The zero-order valence-electron chi connectivity index (χ0n) is 26.3. The molecule has 0 saturated carbocycles. The van der Waals surface area contributed by atoms with Crippen molar-refractivity contribution in [3.8, 4) is 0 Å². The summed E-state index contributed by atoms with van der Waals surface area (Å²) in [5, 5.41) is 73.5. The number of carboxylic acids is 8. The van der Waals surface area contributed by atoms with E-state index in [4.69, 9.17) is 20.4 Å². The minimum absolute atomic E-state index is 0.0193. The maximum Gasteiger partial charge on any atom is 0.317 e. The summed E-state index contributed by atoms with van der Waals surface area (Å²) in [6, 6.07) is 0. The van der Waals surface area contributed by atoms with E-state index in [9.17, 15) is 58.8 Å². The Morgan fingerprint density at radius 2 is 0.333 bits per heavy atom. The highest BCUT2D eigenvalue weighted by Gasteiger charge is 2.21. The molecule has 0 aromatic rings. The second-order valence-electron chi connectivity index (χ2n) is 10.7. The Bertz CT molecular complexity index is 992. The van der Waals surface area contributed by atoms with Crippen LogP contribution in [0.5, 0.6) is 0 Å². The van der Waals surface area contributed by atoms with Crippen molar-refractivity contribution >= 4 is 47.8 Å². The molecule has 0 spiro atoms. The highest BCUT2D eigenvalue weighted by molar-refractivity contribution is 5.73. The van der Waals surface area contributed by atoms with Gasteiger partial charge in [0.25, 0.3) is 0 Å². The largest absolute Gasteiger partial charge is 0.480 e. The average molecular weight is 697 g/mol. The molecular weight excluding hydrogens is 652 g/mol. The predicted octanol–water partition coefficient (Wildman–Crippen LogP) is -4.52. The second kappa shape index (κ2) is 23.8. The van der Waals surface area contributed by atoms with E-state index in [0.29, 0.717) is 0 Å². The number of hydrogen-bond donors (Lipinski definition) is 8. The summed E-state index contributed by atoms with van der Waals surface area (Å²) in [6.07, 6.45) is 0. The fourth-order valence-corrected chi connectivity index (χ4v) is 4.45. The molecule has 0 fully saturated rings. The first kappa shape index (κ1) is 43.5. The number of rotatable bonds is 31. The van der Waals surface area contributed by atoms with Crippen molar-refractivity contribution < 1.29 is 79.2 Å². The first-order chi connectivity index (χ1) is 22.4. The van der Waals surface area contributed by atoms with Crippen molar-refractivity contribution in [2.24, 2.45) is 0 Å². The van der Waals surface area contributed by atoms with Gasteiger partial charge in [0.2, 0.25) is 0 Å². The normalized spacial score (nSPS) is 11.5. The minimum atomic E-state index is -1.29. The zero-order chi connectivity index (χ0) is 36.8. The molecule has 48 heavy (non-hydrogen) atoms. The molecule has 0 aliphatic heterocycles. The molecule has 0 unspecified atom stereocenters. The lowest BCUT2D eigenvalue weighted by atomic mass is 10.3. The van der Waals surface area contributed by atoms with Gasteiger partial charge >= 0.3 is 47.8 Å². The molecule has 274 valence electrons. The lowest BCUT2D eigenvalue weighted by molar-refractivity contribution is -0.144. The fourth-order valence-electron chi connectivity index (χ4n) is 4.45. The SMILES string of the molecule is O=C(O)CN(CCN(CCN(CCN(CC(=O)O)CC(=O)O)CC(=O)O)CC(=O)O)CCN(CCN(CC(=O)O)CC(=O)O)CC(=O)O. The van der Waals surface area contributed by atoms with Crippen molar-refractivity contribution in [1.29, 1.82) is 0 Å². The molecule has 8 N–H and O–H groups in total. The number of aliphatic carboxylic acids is 8. The van der Waals surface area contributed by atoms with Crippen LogP contribution in [0.4, 0.5) is 0 Å². The van der Waals surface area contributed by atoms with Crippen molar-refractivity contribution in [3.05, 3.63) is 0 Å². The lowest BCUT2D eigenvalue weighted by Crippen LogP contribution is -2.47. The third-order valence-corrected chi connectivity index (χ3v) is 6.53. The van der Waals surface area contributed by atoms with Crippen molar-refractivity contribution in [3.63, 3.8) is 0 Å². The van der Waals surface area contributed by atoms with Crippen LogP contribution in [0.15, 0.2) is 0 Å². The first-order valence-corrected chi connectivity index (χ1v) is 14.4. The first-order valence-electron chi connectivity index (χ1n) is 14.4. The lowest BCUT2D eigenvalue weighted by Gasteiger charge is -2.30. The molecule has 22 nitrogen and oxygen atoms in total. The van der Waals surface area contributed by atoms with Crippen LogP contribution in [-0.2, 0) is 38.4 Å². The Hall–Kier alpha value is -4.48. The van der Waals surface area contributed by atoms with Crippen LogP contribution in [0.3, 0.4) is 0 Å². The summed E-state index contributed by atoms with van der Waals surface area (Å²) in [6.45, 7) is -4.98. The number of carbonyl (C=O) groups is 8. The maximum atomic E-state index is 11.5. The minimum Gasteiger partial charge on any atom is -0.480 e. The van der Waals surface area contributed by atoms with Crippen LogP contribution in [-0.4, -0.2) is 236 Å². The number of hydrogen-bond acceptors (Lipinski definition) is 14. The summed E-state index contributed by atoms with van der Waals surface area (Å²) >= 11 is 0. The Morgan fingerprint density at radius 1 is 0.229 bits per heavy atom. The summed E-state index contributed by atoms with van der Waals surface area (Å²) in [5.41, 5.74) is 0. The third-order valence-electron chi connectivity index (χ3n) is 6.53. The molecule has 22 heteroatoms. The van der Waals surface area contributed by atoms with Gasteiger partial charge in [-0.25, -0.2) is 0 Å². The topological polar surface area (TPSA) is 318 Å². The fraction of sp³-hybridized carbons (Fsp3) is 0.692. The second-order valence-corrected chi connectivity index (χ2v) is 10.7. The van der Waals surface area contributed by atoms with Gasteiger partial charge in [0.15, 0.2) is 0 Å². The summed E-state index contributed by atoms with van der Waals surface area (Å²) in [5.74, 6) is -10.1. The van der Waals surface area contributed by atoms with Gasteiger partial charge < -0.3 is 40.9 Å². The van der Waals surface area contributed by atoms with E-state index >= 15 is 0 Å². The molecule has 0 aliphatic rings. The molecule has 0 saturated heterocycles. The monoisotopic (exact) mass is 696 g/mol. The molecule has 0 bridgehead atoms. The van der Waals surface area contributed by atoms with Gasteiger partial charge in [-0.15, -0.1) is 0 Å². The molecule has 0 aliphatic carbocycles. The van der Waals surface area contributed by atoms with Crippen molar-refractivity contribution in [2.75, 3.05) is 118 Å². The van der Waals surface area contributed by atoms with Gasteiger partial charge in [0, 0.05) is 65.4 Å². The molecule has 0 radical (unpaired) electrons. The van der Waals surface area contributed by atoms with Gasteiger partial charge in [-0.2, -0.15) is 0 Å². The van der Waals surface area contributed by atoms with Gasteiger partial charge in [0.1, 0.15) is 0 Å². The number of carboxylic acid groups (broad SMARTS) is 8. The van der Waals surface area contributed by atoms with Crippen LogP contribution in [0.1, 0.15) is 0 Å². The smallest absolute Gasteiger partial charge is 0.317 e.